The summed E-state index contributed by atoms with van der Waals surface area (Å²) in [5.41, 5.74) is 1.01. The third-order valence-electron chi connectivity index (χ3n) is 1.22. The molecule has 1 aromatic rings. The summed E-state index contributed by atoms with van der Waals surface area (Å²) in [6.45, 7) is 8.39. The van der Waals surface area contributed by atoms with Crippen LogP contribution >= 0.6 is 0 Å². The first-order chi connectivity index (χ1) is 4.74. The van der Waals surface area contributed by atoms with Gasteiger partial charge in [-0.1, -0.05) is 17.7 Å². The maximum absolute atomic E-state index is 12.6. The molecule has 0 aromatic heterocycles. The Morgan fingerprint density at radius 2 is 2.20 bits per heavy atom. The van der Waals surface area contributed by atoms with Gasteiger partial charge in [-0.25, -0.2) is 9.24 Å². The summed E-state index contributed by atoms with van der Waals surface area (Å²) in [7, 11) is 0. The van der Waals surface area contributed by atoms with Gasteiger partial charge in [0, 0.05) is 0 Å². The lowest BCUT2D eigenvalue weighted by Crippen LogP contribution is -1.74. The number of rotatable bonds is 0. The standard InChI is InChI=1S/C8H6FN/c1-6-3-4-7(9)8(5-6)10-2/h3-5H,1H3. The smallest absolute Gasteiger partial charge is 0.222 e. The fourth-order valence-corrected chi connectivity index (χ4v) is 0.708. The Bertz CT molecular complexity index is 286. The third-order valence-corrected chi connectivity index (χ3v) is 1.22. The van der Waals surface area contributed by atoms with Crippen LogP contribution in [0.15, 0.2) is 18.2 Å². The van der Waals surface area contributed by atoms with E-state index in [0.29, 0.717) is 0 Å². The van der Waals surface area contributed by atoms with E-state index in [9.17, 15) is 4.39 Å². The number of hydrogen-bond acceptors (Lipinski definition) is 0. The quantitative estimate of drug-likeness (QED) is 0.482. The summed E-state index contributed by atoms with van der Waals surface area (Å²) in [5, 5.41) is 0. The molecule has 0 unspecified atom stereocenters. The number of halogens is 1. The van der Waals surface area contributed by atoms with Crippen LogP contribution in [0.1, 0.15) is 5.56 Å². The number of aryl methyl sites for hydroxylation is 1. The molecule has 50 valence electrons. The van der Waals surface area contributed by atoms with E-state index in [2.05, 4.69) is 4.85 Å². The Morgan fingerprint density at radius 3 is 2.70 bits per heavy atom. The van der Waals surface area contributed by atoms with E-state index < -0.39 is 5.82 Å². The molecule has 0 aliphatic heterocycles. The summed E-state index contributed by atoms with van der Waals surface area (Å²) < 4.78 is 12.6. The second-order valence-corrected chi connectivity index (χ2v) is 2.07. The van der Waals surface area contributed by atoms with Gasteiger partial charge in [-0.15, -0.1) is 0 Å². The van der Waals surface area contributed by atoms with Gasteiger partial charge in [0.2, 0.25) is 5.69 Å². The van der Waals surface area contributed by atoms with Crippen molar-refractivity contribution in [1.82, 2.24) is 0 Å². The van der Waals surface area contributed by atoms with Crippen molar-refractivity contribution in [2.75, 3.05) is 0 Å². The van der Waals surface area contributed by atoms with Gasteiger partial charge in [0.15, 0.2) is 0 Å². The van der Waals surface area contributed by atoms with Gasteiger partial charge in [-0.3, -0.25) is 0 Å². The Kier molecular flexibility index (Phi) is 1.68. The molecule has 0 atom stereocenters. The monoisotopic (exact) mass is 135 g/mol. The van der Waals surface area contributed by atoms with Crippen LogP contribution in [0.4, 0.5) is 10.1 Å². The van der Waals surface area contributed by atoms with E-state index in [-0.39, 0.29) is 5.69 Å². The van der Waals surface area contributed by atoms with Crippen molar-refractivity contribution in [2.24, 2.45) is 0 Å². The first-order valence-corrected chi connectivity index (χ1v) is 2.87. The minimum absolute atomic E-state index is 0.0972. The lowest BCUT2D eigenvalue weighted by atomic mass is 10.2. The van der Waals surface area contributed by atoms with Gasteiger partial charge in [0.1, 0.15) is 5.82 Å². The second kappa shape index (κ2) is 2.49. The van der Waals surface area contributed by atoms with E-state index in [4.69, 9.17) is 6.57 Å². The van der Waals surface area contributed by atoms with Crippen LogP contribution in [-0.2, 0) is 0 Å². The zero-order valence-electron chi connectivity index (χ0n) is 5.56. The van der Waals surface area contributed by atoms with Crippen molar-refractivity contribution in [3.63, 3.8) is 0 Å². The minimum Gasteiger partial charge on any atom is -0.235 e. The van der Waals surface area contributed by atoms with Crippen molar-refractivity contribution in [3.8, 4) is 0 Å². The van der Waals surface area contributed by atoms with Crippen molar-refractivity contribution in [2.45, 2.75) is 6.92 Å². The number of benzene rings is 1. The van der Waals surface area contributed by atoms with Crippen LogP contribution in [0, 0.1) is 19.3 Å². The molecule has 1 nitrogen and oxygen atoms in total. The molecule has 0 radical (unpaired) electrons. The SMILES string of the molecule is [C-]#[N+]c1cc(C)ccc1F. The van der Waals surface area contributed by atoms with Crippen molar-refractivity contribution >= 4 is 5.69 Å². The van der Waals surface area contributed by atoms with Crippen LogP contribution in [0.2, 0.25) is 0 Å². The molecule has 0 saturated carbocycles. The maximum atomic E-state index is 12.6. The molecule has 1 aromatic carbocycles. The molecular weight excluding hydrogens is 129 g/mol. The van der Waals surface area contributed by atoms with Crippen LogP contribution in [-0.4, -0.2) is 0 Å². The highest BCUT2D eigenvalue weighted by molar-refractivity contribution is 5.47. The van der Waals surface area contributed by atoms with E-state index in [1.165, 1.54) is 12.1 Å². The Hall–Kier alpha value is -1.36. The maximum Gasteiger partial charge on any atom is 0.222 e. The number of nitrogens with zero attached hydrogens (tertiary/aromatic N) is 1. The minimum atomic E-state index is -0.444. The predicted molar refractivity (Wildman–Crippen MR) is 37.4 cm³/mol. The van der Waals surface area contributed by atoms with Crippen molar-refractivity contribution in [3.05, 3.63) is 41.0 Å². The predicted octanol–water partition coefficient (Wildman–Crippen LogP) is 2.68. The van der Waals surface area contributed by atoms with Gasteiger partial charge in [-0.2, -0.15) is 0 Å². The zero-order chi connectivity index (χ0) is 7.56. The molecule has 1 rings (SSSR count). The third kappa shape index (κ3) is 1.14. The Labute approximate surface area is 58.9 Å². The highest BCUT2D eigenvalue weighted by atomic mass is 19.1. The first kappa shape index (κ1) is 6.76. The molecule has 0 spiro atoms. The molecule has 0 saturated heterocycles. The highest BCUT2D eigenvalue weighted by Gasteiger charge is 1.98. The normalized spacial score (nSPS) is 8.90. The lowest BCUT2D eigenvalue weighted by molar-refractivity contribution is 0.633. The largest absolute Gasteiger partial charge is 0.235 e. The molecule has 10 heavy (non-hydrogen) atoms. The summed E-state index contributed by atoms with van der Waals surface area (Å²) in [5.74, 6) is -0.444. The molecule has 0 amide bonds. The summed E-state index contributed by atoms with van der Waals surface area (Å²) in [6, 6.07) is 4.48. The molecule has 0 N–H and O–H groups in total. The van der Waals surface area contributed by atoms with Crippen LogP contribution in [0.25, 0.3) is 4.85 Å². The van der Waals surface area contributed by atoms with Gasteiger partial charge in [-0.05, 0) is 13.0 Å². The first-order valence-electron chi connectivity index (χ1n) is 2.87. The van der Waals surface area contributed by atoms with Gasteiger partial charge >= 0.3 is 0 Å². The molecule has 0 aliphatic carbocycles. The van der Waals surface area contributed by atoms with Crippen LogP contribution in [0.3, 0.4) is 0 Å². The van der Waals surface area contributed by atoms with Gasteiger partial charge < -0.3 is 0 Å². The van der Waals surface area contributed by atoms with Crippen LogP contribution < -0.4 is 0 Å². The Balaban J connectivity index is 3.25. The highest BCUT2D eigenvalue weighted by Crippen LogP contribution is 2.18. The van der Waals surface area contributed by atoms with Gasteiger partial charge in [0.05, 0.1) is 6.57 Å². The number of hydrogen-bond donors (Lipinski definition) is 0. The van der Waals surface area contributed by atoms with E-state index in [1.54, 1.807) is 6.07 Å². The fraction of sp³-hybridized carbons (Fsp3) is 0.125. The molecule has 0 aliphatic rings. The Morgan fingerprint density at radius 1 is 1.50 bits per heavy atom. The summed E-state index contributed by atoms with van der Waals surface area (Å²) in [6.07, 6.45) is 0. The zero-order valence-corrected chi connectivity index (χ0v) is 5.56. The van der Waals surface area contributed by atoms with Crippen molar-refractivity contribution < 1.29 is 4.39 Å². The lowest BCUT2D eigenvalue weighted by Gasteiger charge is -1.93. The average molecular weight is 135 g/mol. The average Bonchev–Trinajstić information content (AvgIpc) is 1.94. The van der Waals surface area contributed by atoms with Crippen molar-refractivity contribution in [1.29, 1.82) is 0 Å². The van der Waals surface area contributed by atoms with E-state index >= 15 is 0 Å². The molecule has 0 heterocycles. The molecular formula is C8H6FN. The topological polar surface area (TPSA) is 4.36 Å². The molecule has 0 bridgehead atoms. The van der Waals surface area contributed by atoms with Crippen LogP contribution in [0.5, 0.6) is 0 Å². The van der Waals surface area contributed by atoms with Gasteiger partial charge in [0.25, 0.3) is 0 Å². The second-order valence-electron chi connectivity index (χ2n) is 2.07. The van der Waals surface area contributed by atoms with E-state index in [0.717, 1.165) is 5.56 Å². The molecule has 0 fully saturated rings. The van der Waals surface area contributed by atoms with E-state index in [1.807, 2.05) is 6.92 Å². The molecule has 2 heteroatoms. The fourth-order valence-electron chi connectivity index (χ4n) is 0.708. The summed E-state index contributed by atoms with van der Waals surface area (Å²) >= 11 is 0. The summed E-state index contributed by atoms with van der Waals surface area (Å²) in [4.78, 5) is 3.01.